The van der Waals surface area contributed by atoms with E-state index < -0.39 is 0 Å². The van der Waals surface area contributed by atoms with E-state index in [2.05, 4.69) is 18.8 Å². The lowest BCUT2D eigenvalue weighted by Crippen LogP contribution is -2.18. The van der Waals surface area contributed by atoms with Crippen LogP contribution in [0.1, 0.15) is 13.3 Å². The van der Waals surface area contributed by atoms with Gasteiger partial charge in [-0.25, -0.2) is 0 Å². The second kappa shape index (κ2) is 8.04. The Hall–Kier alpha value is -0.150. The molecule has 0 aromatic heterocycles. The zero-order valence-corrected chi connectivity index (χ0v) is 12.3. The van der Waals surface area contributed by atoms with Gasteiger partial charge in [-0.3, -0.25) is 0 Å². The highest BCUT2D eigenvalue weighted by Gasteiger charge is 2.03. The molecule has 4 heteroatoms. The minimum absolute atomic E-state index is 0.714. The smallest absolute Gasteiger partial charge is 0.0543 e. The average molecular weight is 290 g/mol. The van der Waals surface area contributed by atoms with Crippen molar-refractivity contribution in [2.24, 2.45) is 0 Å². The second-order valence-electron chi connectivity index (χ2n) is 3.79. The highest BCUT2D eigenvalue weighted by molar-refractivity contribution is 7.99. The van der Waals surface area contributed by atoms with Crippen LogP contribution in [0.4, 0.5) is 0 Å². The molecular weight excluding hydrogens is 273 g/mol. The maximum Gasteiger partial charge on any atom is 0.0543 e. The molecule has 0 atom stereocenters. The number of halogens is 2. The summed E-state index contributed by atoms with van der Waals surface area (Å²) in [5.41, 5.74) is 1.17. The van der Waals surface area contributed by atoms with Gasteiger partial charge < -0.3 is 5.32 Å². The van der Waals surface area contributed by atoms with Crippen LogP contribution in [0.15, 0.2) is 35.2 Å². The van der Waals surface area contributed by atoms with E-state index in [1.165, 1.54) is 5.57 Å². The molecule has 0 aliphatic carbocycles. The van der Waals surface area contributed by atoms with Gasteiger partial charge in [0, 0.05) is 22.2 Å². The summed E-state index contributed by atoms with van der Waals surface area (Å²) in [6.45, 7) is 8.07. The summed E-state index contributed by atoms with van der Waals surface area (Å²) in [6, 6.07) is 5.51. The zero-order chi connectivity index (χ0) is 12.7. The first kappa shape index (κ1) is 14.9. The third-order valence-electron chi connectivity index (χ3n) is 2.13. The molecule has 94 valence electrons. The molecule has 1 aromatic rings. The van der Waals surface area contributed by atoms with Crippen LogP contribution < -0.4 is 5.32 Å². The van der Waals surface area contributed by atoms with E-state index in [-0.39, 0.29) is 0 Å². The molecule has 17 heavy (non-hydrogen) atoms. The number of thioether (sulfide) groups is 1. The summed E-state index contributed by atoms with van der Waals surface area (Å²) in [5, 5.41) is 4.78. The molecule has 0 unspecified atom stereocenters. The topological polar surface area (TPSA) is 12.0 Å². The average Bonchev–Trinajstić information content (AvgIpc) is 2.31. The van der Waals surface area contributed by atoms with Crippen LogP contribution in [0.25, 0.3) is 0 Å². The zero-order valence-electron chi connectivity index (χ0n) is 9.93. The predicted octanol–water partition coefficient (Wildman–Crippen LogP) is 4.64. The molecule has 1 N–H and O–H groups in total. The van der Waals surface area contributed by atoms with Crippen molar-refractivity contribution in [3.63, 3.8) is 0 Å². The Morgan fingerprint density at radius 2 is 2.18 bits per heavy atom. The molecule has 0 bridgehead atoms. The van der Waals surface area contributed by atoms with E-state index in [0.717, 1.165) is 35.2 Å². The van der Waals surface area contributed by atoms with E-state index in [1.54, 1.807) is 17.8 Å². The first-order valence-electron chi connectivity index (χ1n) is 5.58. The van der Waals surface area contributed by atoms with E-state index in [4.69, 9.17) is 23.2 Å². The minimum atomic E-state index is 0.714. The molecule has 0 saturated heterocycles. The van der Waals surface area contributed by atoms with Gasteiger partial charge in [0.2, 0.25) is 0 Å². The number of hydrogen-bond acceptors (Lipinski definition) is 2. The van der Waals surface area contributed by atoms with E-state index >= 15 is 0 Å². The Morgan fingerprint density at radius 3 is 2.88 bits per heavy atom. The molecule has 0 saturated carbocycles. The monoisotopic (exact) mass is 289 g/mol. The lowest BCUT2D eigenvalue weighted by molar-refractivity contribution is 0.716. The fourth-order valence-corrected chi connectivity index (χ4v) is 2.66. The molecule has 0 aliphatic rings. The fraction of sp³-hybridized carbons (Fsp3) is 0.385. The Morgan fingerprint density at radius 1 is 1.41 bits per heavy atom. The number of rotatable bonds is 7. The van der Waals surface area contributed by atoms with Gasteiger partial charge in [0.05, 0.1) is 5.02 Å². The van der Waals surface area contributed by atoms with Gasteiger partial charge in [-0.05, 0) is 31.2 Å². The van der Waals surface area contributed by atoms with Crippen molar-refractivity contribution in [2.45, 2.75) is 18.2 Å². The Kier molecular flexibility index (Phi) is 7.05. The molecule has 0 spiro atoms. The van der Waals surface area contributed by atoms with Gasteiger partial charge in [0.25, 0.3) is 0 Å². The van der Waals surface area contributed by atoms with Crippen molar-refractivity contribution >= 4 is 35.0 Å². The summed E-state index contributed by atoms with van der Waals surface area (Å²) >= 11 is 13.7. The van der Waals surface area contributed by atoms with Crippen molar-refractivity contribution in [2.75, 3.05) is 18.8 Å². The third-order valence-corrected chi connectivity index (χ3v) is 4.00. The van der Waals surface area contributed by atoms with Crippen LogP contribution >= 0.6 is 35.0 Å². The molecule has 0 heterocycles. The van der Waals surface area contributed by atoms with Gasteiger partial charge in [-0.1, -0.05) is 42.3 Å². The first-order valence-corrected chi connectivity index (χ1v) is 7.33. The maximum absolute atomic E-state index is 6.08. The Bertz CT molecular complexity index is 380. The largest absolute Gasteiger partial charge is 0.313 e. The summed E-state index contributed by atoms with van der Waals surface area (Å²) in [5.74, 6) is 0.858. The lowest BCUT2D eigenvalue weighted by atomic mass is 10.3. The summed E-state index contributed by atoms with van der Waals surface area (Å²) < 4.78 is 0. The van der Waals surface area contributed by atoms with Crippen LogP contribution in [-0.4, -0.2) is 18.8 Å². The number of benzene rings is 1. The minimum Gasteiger partial charge on any atom is -0.313 e. The standard InChI is InChI=1S/C13H17Cl2NS/c1-3-6-16-8-10(2)9-17-13-7-11(14)4-5-12(13)15/h4-5,7,16H,2-3,6,8-9H2,1H3. The summed E-state index contributed by atoms with van der Waals surface area (Å²) in [7, 11) is 0. The van der Waals surface area contributed by atoms with Crippen LogP contribution in [0.3, 0.4) is 0 Å². The van der Waals surface area contributed by atoms with Gasteiger partial charge in [-0.15, -0.1) is 11.8 Å². The highest BCUT2D eigenvalue weighted by atomic mass is 35.5. The SMILES string of the molecule is C=C(CNCCC)CSc1cc(Cl)ccc1Cl. The Balaban J connectivity index is 2.39. The van der Waals surface area contributed by atoms with Crippen molar-refractivity contribution in [1.82, 2.24) is 5.32 Å². The van der Waals surface area contributed by atoms with Gasteiger partial charge in [0.15, 0.2) is 0 Å². The van der Waals surface area contributed by atoms with Crippen molar-refractivity contribution in [1.29, 1.82) is 0 Å². The molecule has 1 rings (SSSR count). The Labute approximate surface area is 118 Å². The number of nitrogens with one attached hydrogen (secondary N) is 1. The number of hydrogen-bond donors (Lipinski definition) is 1. The molecule has 0 amide bonds. The van der Waals surface area contributed by atoms with E-state index in [0.29, 0.717) is 5.02 Å². The third kappa shape index (κ3) is 5.82. The first-order chi connectivity index (χ1) is 8.13. The molecule has 1 aromatic carbocycles. The van der Waals surface area contributed by atoms with Gasteiger partial charge in [-0.2, -0.15) is 0 Å². The van der Waals surface area contributed by atoms with Gasteiger partial charge in [0.1, 0.15) is 0 Å². The van der Waals surface area contributed by atoms with Crippen LogP contribution in [-0.2, 0) is 0 Å². The van der Waals surface area contributed by atoms with E-state index in [9.17, 15) is 0 Å². The highest BCUT2D eigenvalue weighted by Crippen LogP contribution is 2.30. The molecule has 0 fully saturated rings. The lowest BCUT2D eigenvalue weighted by Gasteiger charge is -2.08. The van der Waals surface area contributed by atoms with Gasteiger partial charge >= 0.3 is 0 Å². The molecule has 0 aliphatic heterocycles. The molecule has 1 nitrogen and oxygen atoms in total. The fourth-order valence-electron chi connectivity index (χ4n) is 1.26. The van der Waals surface area contributed by atoms with Crippen molar-refractivity contribution < 1.29 is 0 Å². The predicted molar refractivity (Wildman–Crippen MR) is 79.5 cm³/mol. The molecular formula is C13H17Cl2NS. The second-order valence-corrected chi connectivity index (χ2v) is 5.65. The van der Waals surface area contributed by atoms with Crippen LogP contribution in [0.2, 0.25) is 10.0 Å². The van der Waals surface area contributed by atoms with Crippen molar-refractivity contribution in [3.05, 3.63) is 40.4 Å². The summed E-state index contributed by atoms with van der Waals surface area (Å²) in [4.78, 5) is 1.01. The van der Waals surface area contributed by atoms with Crippen molar-refractivity contribution in [3.8, 4) is 0 Å². The van der Waals surface area contributed by atoms with Crippen LogP contribution in [0.5, 0.6) is 0 Å². The van der Waals surface area contributed by atoms with E-state index in [1.807, 2.05) is 12.1 Å². The normalized spacial score (nSPS) is 10.5. The summed E-state index contributed by atoms with van der Waals surface area (Å²) in [6.07, 6.45) is 1.14. The van der Waals surface area contributed by atoms with Crippen LogP contribution in [0, 0.1) is 0 Å². The quantitative estimate of drug-likeness (QED) is 0.446. The maximum atomic E-state index is 6.08. The molecule has 0 radical (unpaired) electrons.